The highest BCUT2D eigenvalue weighted by atomic mass is 14.8. The van der Waals surface area contributed by atoms with Crippen molar-refractivity contribution in [2.24, 2.45) is 0 Å². The lowest BCUT2D eigenvalue weighted by Gasteiger charge is -1.97. The van der Waals surface area contributed by atoms with Gasteiger partial charge in [-0.05, 0) is 30.7 Å². The molecule has 2 nitrogen and oxygen atoms in total. The smallest absolute Gasteiger partial charge is 0.159 e. The average Bonchev–Trinajstić information content (AvgIpc) is 2.17. The molecule has 0 amide bonds. The van der Waals surface area contributed by atoms with E-state index in [-0.39, 0.29) is 0 Å². The van der Waals surface area contributed by atoms with Gasteiger partial charge in [0.15, 0.2) is 5.65 Å². The molecule has 60 valence electrons. The minimum Gasteiger partial charge on any atom is -0.237 e. The molecule has 0 aliphatic carbocycles. The van der Waals surface area contributed by atoms with Crippen molar-refractivity contribution < 1.29 is 0 Å². The Bertz CT molecular complexity index is 396. The Morgan fingerprint density at radius 3 is 3.00 bits per heavy atom. The molecule has 0 saturated heterocycles. The first-order valence-electron chi connectivity index (χ1n) is 4.11. The molecule has 2 aromatic rings. The molecule has 2 rings (SSSR count). The highest BCUT2D eigenvalue weighted by Crippen LogP contribution is 2.08. The normalized spacial score (nSPS) is 10.4. The monoisotopic (exact) mass is 158 g/mol. The van der Waals surface area contributed by atoms with E-state index < -0.39 is 0 Å². The van der Waals surface area contributed by atoms with Gasteiger partial charge < -0.3 is 0 Å². The lowest BCUT2D eigenvalue weighted by atomic mass is 10.2. The summed E-state index contributed by atoms with van der Waals surface area (Å²) >= 11 is 0. The van der Waals surface area contributed by atoms with Crippen LogP contribution in [0.3, 0.4) is 0 Å². The Kier molecular flexibility index (Phi) is 1.74. The molecule has 2 aromatic heterocycles. The summed E-state index contributed by atoms with van der Waals surface area (Å²) in [5.74, 6) is 0. The minimum atomic E-state index is 0.844. The molecule has 0 atom stereocenters. The zero-order chi connectivity index (χ0) is 8.39. The topological polar surface area (TPSA) is 25.8 Å². The van der Waals surface area contributed by atoms with Gasteiger partial charge in [0, 0.05) is 17.3 Å². The van der Waals surface area contributed by atoms with E-state index in [4.69, 9.17) is 0 Å². The zero-order valence-electron chi connectivity index (χ0n) is 6.99. The molecular weight excluding hydrogens is 148 g/mol. The van der Waals surface area contributed by atoms with E-state index in [1.54, 1.807) is 6.20 Å². The molecule has 0 bridgehead atoms. The van der Waals surface area contributed by atoms with Crippen molar-refractivity contribution in [2.75, 3.05) is 0 Å². The second-order valence-corrected chi connectivity index (χ2v) is 2.71. The van der Waals surface area contributed by atoms with Crippen molar-refractivity contribution in [1.29, 1.82) is 0 Å². The average molecular weight is 158 g/mol. The van der Waals surface area contributed by atoms with E-state index in [2.05, 4.69) is 23.0 Å². The highest BCUT2D eigenvalue weighted by molar-refractivity contribution is 5.74. The Hall–Kier alpha value is -1.44. The molecule has 0 spiro atoms. The zero-order valence-corrected chi connectivity index (χ0v) is 6.99. The van der Waals surface area contributed by atoms with Gasteiger partial charge in [-0.2, -0.15) is 0 Å². The number of nitrogens with zero attached hydrogens (tertiary/aromatic N) is 2. The molecule has 0 N–H and O–H groups in total. The van der Waals surface area contributed by atoms with E-state index >= 15 is 0 Å². The third-order valence-electron chi connectivity index (χ3n) is 1.88. The maximum atomic E-state index is 4.38. The van der Waals surface area contributed by atoms with Crippen molar-refractivity contribution >= 4 is 11.0 Å². The quantitative estimate of drug-likeness (QED) is 0.635. The van der Waals surface area contributed by atoms with Crippen molar-refractivity contribution in [3.8, 4) is 0 Å². The summed E-state index contributed by atoms with van der Waals surface area (Å²) in [5, 5.41) is 1.11. The van der Waals surface area contributed by atoms with Gasteiger partial charge in [-0.1, -0.05) is 6.92 Å². The fraction of sp³-hybridized carbons (Fsp3) is 0.200. The lowest BCUT2D eigenvalue weighted by Crippen LogP contribution is -1.88. The van der Waals surface area contributed by atoms with Crippen molar-refractivity contribution in [3.05, 3.63) is 36.2 Å². The molecule has 0 aromatic carbocycles. The molecule has 0 aliphatic heterocycles. The van der Waals surface area contributed by atoms with Crippen LogP contribution in [-0.2, 0) is 6.42 Å². The first-order chi connectivity index (χ1) is 5.90. The van der Waals surface area contributed by atoms with E-state index in [0.717, 1.165) is 23.1 Å². The highest BCUT2D eigenvalue weighted by Gasteiger charge is 1.95. The Morgan fingerprint density at radius 2 is 2.17 bits per heavy atom. The van der Waals surface area contributed by atoms with Gasteiger partial charge in [-0.3, -0.25) is 0 Å². The van der Waals surface area contributed by atoms with E-state index in [1.807, 2.05) is 18.2 Å². The van der Waals surface area contributed by atoms with Crippen LogP contribution in [0.25, 0.3) is 11.0 Å². The summed E-state index contributed by atoms with van der Waals surface area (Å²) in [4.78, 5) is 8.56. The van der Waals surface area contributed by atoms with Crippen LogP contribution in [-0.4, -0.2) is 9.97 Å². The molecule has 2 heterocycles. The molecule has 0 aliphatic rings. The Labute approximate surface area is 71.3 Å². The molecular formula is C10H10N2. The second-order valence-electron chi connectivity index (χ2n) is 2.71. The molecule has 12 heavy (non-hydrogen) atoms. The van der Waals surface area contributed by atoms with Crippen molar-refractivity contribution in [2.45, 2.75) is 13.3 Å². The largest absolute Gasteiger partial charge is 0.237 e. The SMILES string of the molecule is CCc1ccc2cccnc2n1. The first-order valence-corrected chi connectivity index (χ1v) is 4.11. The van der Waals surface area contributed by atoms with Crippen LogP contribution < -0.4 is 0 Å². The maximum absolute atomic E-state index is 4.38. The molecule has 0 unspecified atom stereocenters. The molecule has 2 heteroatoms. The Morgan fingerprint density at radius 1 is 1.25 bits per heavy atom. The summed E-state index contributed by atoms with van der Waals surface area (Å²) in [7, 11) is 0. The standard InChI is InChI=1S/C10H10N2/c1-2-9-6-5-8-4-3-7-11-10(8)12-9/h3-7H,2H2,1H3. The minimum absolute atomic E-state index is 0.844. The third kappa shape index (κ3) is 1.16. The van der Waals surface area contributed by atoms with Crippen LogP contribution in [0.5, 0.6) is 0 Å². The van der Waals surface area contributed by atoms with Gasteiger partial charge in [-0.15, -0.1) is 0 Å². The second kappa shape index (κ2) is 2.89. The van der Waals surface area contributed by atoms with Gasteiger partial charge in [0.1, 0.15) is 0 Å². The van der Waals surface area contributed by atoms with Gasteiger partial charge >= 0.3 is 0 Å². The summed E-state index contributed by atoms with van der Waals surface area (Å²) in [6, 6.07) is 8.06. The van der Waals surface area contributed by atoms with Crippen LogP contribution >= 0.6 is 0 Å². The lowest BCUT2D eigenvalue weighted by molar-refractivity contribution is 1.05. The number of pyridine rings is 2. The predicted molar refractivity (Wildman–Crippen MR) is 48.9 cm³/mol. The van der Waals surface area contributed by atoms with Gasteiger partial charge in [0.25, 0.3) is 0 Å². The van der Waals surface area contributed by atoms with Gasteiger partial charge in [0.05, 0.1) is 0 Å². The molecule has 0 radical (unpaired) electrons. The molecule has 0 fully saturated rings. The number of hydrogen-bond acceptors (Lipinski definition) is 2. The van der Waals surface area contributed by atoms with Gasteiger partial charge in [-0.25, -0.2) is 9.97 Å². The van der Waals surface area contributed by atoms with Gasteiger partial charge in [0.2, 0.25) is 0 Å². The first kappa shape index (κ1) is 7.22. The summed E-state index contributed by atoms with van der Waals surface area (Å²) in [6.45, 7) is 2.09. The summed E-state index contributed by atoms with van der Waals surface area (Å²) < 4.78 is 0. The van der Waals surface area contributed by atoms with E-state index in [0.29, 0.717) is 0 Å². The van der Waals surface area contributed by atoms with Crippen molar-refractivity contribution in [1.82, 2.24) is 9.97 Å². The maximum Gasteiger partial charge on any atom is 0.159 e. The predicted octanol–water partition coefficient (Wildman–Crippen LogP) is 2.19. The fourth-order valence-electron chi connectivity index (χ4n) is 1.19. The van der Waals surface area contributed by atoms with Crippen LogP contribution in [0.1, 0.15) is 12.6 Å². The Balaban J connectivity index is 2.67. The van der Waals surface area contributed by atoms with E-state index in [9.17, 15) is 0 Å². The molecule has 0 saturated carbocycles. The fourth-order valence-corrected chi connectivity index (χ4v) is 1.19. The van der Waals surface area contributed by atoms with Crippen LogP contribution in [0.4, 0.5) is 0 Å². The number of rotatable bonds is 1. The van der Waals surface area contributed by atoms with Crippen molar-refractivity contribution in [3.63, 3.8) is 0 Å². The number of hydrogen-bond donors (Lipinski definition) is 0. The third-order valence-corrected chi connectivity index (χ3v) is 1.88. The van der Waals surface area contributed by atoms with Crippen LogP contribution in [0.15, 0.2) is 30.5 Å². The van der Waals surface area contributed by atoms with E-state index in [1.165, 1.54) is 0 Å². The summed E-state index contributed by atoms with van der Waals surface area (Å²) in [5.41, 5.74) is 1.94. The van der Waals surface area contributed by atoms with Crippen LogP contribution in [0.2, 0.25) is 0 Å². The van der Waals surface area contributed by atoms with Crippen LogP contribution in [0, 0.1) is 0 Å². The number of aromatic nitrogens is 2. The summed E-state index contributed by atoms with van der Waals surface area (Å²) in [6.07, 6.45) is 2.74. The number of fused-ring (bicyclic) bond motifs is 1. The number of aryl methyl sites for hydroxylation is 1.